The molecule has 0 unspecified atom stereocenters. The monoisotopic (exact) mass is 432 g/mol. The molecule has 8 nitrogen and oxygen atoms in total. The molecule has 0 bridgehead atoms. The number of carbonyl (C=O) groups is 1. The van der Waals surface area contributed by atoms with Gasteiger partial charge in [-0.1, -0.05) is 6.92 Å². The highest BCUT2D eigenvalue weighted by Gasteiger charge is 2.25. The van der Waals surface area contributed by atoms with Gasteiger partial charge in [0.05, 0.1) is 23.7 Å². The molecule has 0 spiro atoms. The van der Waals surface area contributed by atoms with E-state index < -0.39 is 0 Å². The molecular weight excluding hydrogens is 400 g/mol. The fraction of sp³-hybridized carbons (Fsp3) is 0.524. The third-order valence-electron chi connectivity index (χ3n) is 4.75. The summed E-state index contributed by atoms with van der Waals surface area (Å²) in [6.45, 7) is 10.6. The molecule has 3 heterocycles. The highest BCUT2D eigenvalue weighted by molar-refractivity contribution is 7.99. The highest BCUT2D eigenvalue weighted by atomic mass is 32.2. The zero-order chi connectivity index (χ0) is 22.0. The van der Waals surface area contributed by atoms with Gasteiger partial charge in [0, 0.05) is 37.5 Å². The summed E-state index contributed by atoms with van der Waals surface area (Å²) < 4.78 is 5.41. The molecule has 1 aliphatic rings. The van der Waals surface area contributed by atoms with E-state index in [9.17, 15) is 0 Å². The first-order valence-corrected chi connectivity index (χ1v) is 11.3. The summed E-state index contributed by atoms with van der Waals surface area (Å²) in [5.41, 5.74) is 6.14. The maximum absolute atomic E-state index is 8.58. The Kier molecular flexibility index (Phi) is 9.32. The molecule has 0 radical (unpaired) electrons. The number of hydrogen-bond acceptors (Lipinski definition) is 8. The number of morpholine rings is 1. The van der Waals surface area contributed by atoms with Gasteiger partial charge in [0.2, 0.25) is 6.41 Å². The molecule has 1 saturated heterocycles. The Morgan fingerprint density at radius 3 is 2.57 bits per heavy atom. The predicted octanol–water partition coefficient (Wildman–Crippen LogP) is 2.90. The van der Waals surface area contributed by atoms with Gasteiger partial charge in [0.25, 0.3) is 0 Å². The van der Waals surface area contributed by atoms with Gasteiger partial charge in [-0.25, -0.2) is 15.0 Å². The van der Waals surface area contributed by atoms with Crippen molar-refractivity contribution < 1.29 is 9.53 Å². The molecule has 2 aromatic heterocycles. The molecule has 164 valence electrons. The van der Waals surface area contributed by atoms with Crippen LogP contribution in [0.3, 0.4) is 0 Å². The summed E-state index contributed by atoms with van der Waals surface area (Å²) in [4.78, 5) is 25.1. The molecule has 0 aromatic carbocycles. The average Bonchev–Trinajstić information content (AvgIpc) is 2.79. The first kappa shape index (κ1) is 23.9. The zero-order valence-corrected chi connectivity index (χ0v) is 19.0. The van der Waals surface area contributed by atoms with Crippen molar-refractivity contribution in [3.05, 3.63) is 30.1 Å². The number of amides is 1. The quantitative estimate of drug-likeness (QED) is 0.643. The van der Waals surface area contributed by atoms with Crippen LogP contribution in [0.25, 0.3) is 11.4 Å². The molecule has 3 rings (SSSR count). The van der Waals surface area contributed by atoms with E-state index in [0.29, 0.717) is 0 Å². The Bertz CT molecular complexity index is 795. The number of nitrogens with zero attached hydrogens (tertiary/aromatic N) is 4. The summed E-state index contributed by atoms with van der Waals surface area (Å²) in [6.07, 6.45) is 5.29. The van der Waals surface area contributed by atoms with Gasteiger partial charge < -0.3 is 20.7 Å². The van der Waals surface area contributed by atoms with Gasteiger partial charge in [-0.3, -0.25) is 4.79 Å². The Morgan fingerprint density at radius 2 is 2.00 bits per heavy atom. The summed E-state index contributed by atoms with van der Waals surface area (Å²) in [6, 6.07) is 6.16. The number of anilines is 2. The molecule has 2 aromatic rings. The largest absolute Gasteiger partial charge is 0.378 e. The first-order valence-electron chi connectivity index (χ1n) is 10.1. The van der Waals surface area contributed by atoms with Crippen molar-refractivity contribution in [1.29, 1.82) is 0 Å². The van der Waals surface area contributed by atoms with Crippen molar-refractivity contribution in [2.45, 2.75) is 31.9 Å². The lowest BCUT2D eigenvalue weighted by Gasteiger charge is -2.30. The number of carbonyl (C=O) groups excluding carboxylic acids is 1. The third-order valence-corrected chi connectivity index (χ3v) is 5.98. The first-order chi connectivity index (χ1) is 14.4. The molecule has 0 atom stereocenters. The van der Waals surface area contributed by atoms with Crippen molar-refractivity contribution in [3.63, 3.8) is 0 Å². The van der Waals surface area contributed by atoms with E-state index in [1.54, 1.807) is 11.8 Å². The standard InChI is InChI=1S/C20H29N5OS.CH3NO/c1-5-8-21-17-7-6-15(14-22-17)19-23-16(20(2,3)27-4)13-18(24-19)25-9-11-26-12-10-25;2-1-3/h6-7,13-14H,5,8-12H2,1-4H3,(H,21,22);1H,(H2,2,3). The minimum absolute atomic E-state index is 0.0885. The fourth-order valence-corrected chi connectivity index (χ4v) is 3.13. The lowest BCUT2D eigenvalue weighted by Crippen LogP contribution is -2.37. The number of pyridine rings is 1. The topological polar surface area (TPSA) is 106 Å². The Balaban J connectivity index is 0.00000101. The highest BCUT2D eigenvalue weighted by Crippen LogP contribution is 2.35. The van der Waals surface area contributed by atoms with Crippen LogP contribution in [0, 0.1) is 0 Å². The van der Waals surface area contributed by atoms with E-state index in [-0.39, 0.29) is 11.2 Å². The van der Waals surface area contributed by atoms with Crippen LogP contribution in [0.5, 0.6) is 0 Å². The van der Waals surface area contributed by atoms with Crippen LogP contribution in [0.1, 0.15) is 32.9 Å². The second kappa shape index (κ2) is 11.7. The predicted molar refractivity (Wildman–Crippen MR) is 124 cm³/mol. The van der Waals surface area contributed by atoms with Crippen LogP contribution in [-0.2, 0) is 14.3 Å². The van der Waals surface area contributed by atoms with Crippen molar-refractivity contribution in [2.75, 3.05) is 49.3 Å². The number of nitrogens with two attached hydrogens (primary N) is 1. The number of rotatable bonds is 7. The summed E-state index contributed by atoms with van der Waals surface area (Å²) >= 11 is 1.79. The number of ether oxygens (including phenoxy) is 1. The van der Waals surface area contributed by atoms with Crippen LogP contribution in [0.2, 0.25) is 0 Å². The molecule has 1 amide bonds. The number of thioether (sulfide) groups is 1. The number of aromatic nitrogens is 3. The van der Waals surface area contributed by atoms with Crippen LogP contribution in [0.15, 0.2) is 24.4 Å². The van der Waals surface area contributed by atoms with Crippen molar-refractivity contribution in [3.8, 4) is 11.4 Å². The number of hydrogen-bond donors (Lipinski definition) is 2. The van der Waals surface area contributed by atoms with Crippen LogP contribution >= 0.6 is 11.8 Å². The Hall–Kier alpha value is -2.39. The van der Waals surface area contributed by atoms with Crippen molar-refractivity contribution in [1.82, 2.24) is 15.0 Å². The Labute approximate surface area is 183 Å². The lowest BCUT2D eigenvalue weighted by molar-refractivity contribution is -0.106. The molecule has 3 N–H and O–H groups in total. The third kappa shape index (κ3) is 6.56. The minimum atomic E-state index is -0.0885. The number of primary amides is 1. The molecule has 1 fully saturated rings. The smallest absolute Gasteiger partial charge is 0.204 e. The van der Waals surface area contributed by atoms with Gasteiger partial charge in [-0.05, 0) is 38.7 Å². The minimum Gasteiger partial charge on any atom is -0.378 e. The Morgan fingerprint density at radius 1 is 1.30 bits per heavy atom. The SMILES string of the molecule is CCCNc1ccc(-c2nc(N3CCOCC3)cc(C(C)(C)SC)n2)cn1.NC=O. The summed E-state index contributed by atoms with van der Waals surface area (Å²) in [5.74, 6) is 2.58. The van der Waals surface area contributed by atoms with Gasteiger partial charge >= 0.3 is 0 Å². The van der Waals surface area contributed by atoms with Crippen LogP contribution in [-0.4, -0.2) is 60.5 Å². The van der Waals surface area contributed by atoms with E-state index in [1.165, 1.54) is 0 Å². The van der Waals surface area contributed by atoms with E-state index >= 15 is 0 Å². The van der Waals surface area contributed by atoms with E-state index in [4.69, 9.17) is 19.5 Å². The zero-order valence-electron chi connectivity index (χ0n) is 18.2. The molecule has 30 heavy (non-hydrogen) atoms. The second-order valence-corrected chi connectivity index (χ2v) is 8.67. The van der Waals surface area contributed by atoms with Gasteiger partial charge in [0.15, 0.2) is 5.82 Å². The normalized spacial score (nSPS) is 13.9. The van der Waals surface area contributed by atoms with Gasteiger partial charge in [-0.2, -0.15) is 11.8 Å². The van der Waals surface area contributed by atoms with Crippen molar-refractivity contribution >= 4 is 29.8 Å². The van der Waals surface area contributed by atoms with Crippen molar-refractivity contribution in [2.24, 2.45) is 5.73 Å². The molecule has 0 saturated carbocycles. The maximum atomic E-state index is 8.58. The number of nitrogens with one attached hydrogen (secondary N) is 1. The second-order valence-electron chi connectivity index (χ2n) is 7.24. The molecule has 0 aliphatic carbocycles. The molecule has 9 heteroatoms. The van der Waals surface area contributed by atoms with E-state index in [1.807, 2.05) is 18.3 Å². The van der Waals surface area contributed by atoms with E-state index in [2.05, 4.69) is 54.0 Å². The summed E-state index contributed by atoms with van der Waals surface area (Å²) in [7, 11) is 0. The summed E-state index contributed by atoms with van der Waals surface area (Å²) in [5, 5.41) is 3.30. The molecular formula is C21H32N6O2S. The van der Waals surface area contributed by atoms with E-state index in [0.717, 1.165) is 68.0 Å². The van der Waals surface area contributed by atoms with Crippen LogP contribution < -0.4 is 16.0 Å². The van der Waals surface area contributed by atoms with Gasteiger partial charge in [0.1, 0.15) is 11.6 Å². The fourth-order valence-electron chi connectivity index (χ4n) is 2.81. The lowest BCUT2D eigenvalue weighted by atomic mass is 10.1. The molecule has 1 aliphatic heterocycles. The maximum Gasteiger partial charge on any atom is 0.204 e. The van der Waals surface area contributed by atoms with Crippen LogP contribution in [0.4, 0.5) is 11.6 Å². The average molecular weight is 433 g/mol. The van der Waals surface area contributed by atoms with Gasteiger partial charge in [-0.15, -0.1) is 0 Å².